The fraction of sp³-hybridized carbons (Fsp3) is 0.273. The number of hydrogen-bond donors (Lipinski definition) is 0. The molecule has 0 unspecified atom stereocenters. The second-order valence-electron chi connectivity index (χ2n) is 4.08. The SMILES string of the molecule is C[Si](C)(C)OC=Cc1ccc(Cl)cc1. The van der Waals surface area contributed by atoms with Crippen molar-refractivity contribution in [2.24, 2.45) is 0 Å². The van der Waals surface area contributed by atoms with Crippen LogP contribution in [0.1, 0.15) is 5.56 Å². The van der Waals surface area contributed by atoms with E-state index in [-0.39, 0.29) is 0 Å². The summed E-state index contributed by atoms with van der Waals surface area (Å²) in [5.74, 6) is 0. The Hall–Kier alpha value is -0.733. The second-order valence-corrected chi connectivity index (χ2v) is 8.98. The van der Waals surface area contributed by atoms with E-state index in [1.54, 1.807) is 6.26 Å². The van der Waals surface area contributed by atoms with Crippen molar-refractivity contribution in [1.29, 1.82) is 0 Å². The first-order valence-electron chi connectivity index (χ1n) is 4.57. The predicted molar refractivity (Wildman–Crippen MR) is 64.9 cm³/mol. The molecule has 0 radical (unpaired) electrons. The van der Waals surface area contributed by atoms with Crippen LogP contribution in [0, 0.1) is 0 Å². The fourth-order valence-electron chi connectivity index (χ4n) is 0.891. The molecule has 0 N–H and O–H groups in total. The third kappa shape index (κ3) is 4.49. The first kappa shape index (κ1) is 11.3. The quantitative estimate of drug-likeness (QED) is 0.556. The second kappa shape index (κ2) is 4.67. The van der Waals surface area contributed by atoms with Gasteiger partial charge in [-0.2, -0.15) is 0 Å². The molecule has 0 saturated carbocycles. The van der Waals surface area contributed by atoms with Gasteiger partial charge in [-0.25, -0.2) is 0 Å². The Bertz CT molecular complexity index is 311. The van der Waals surface area contributed by atoms with Crippen LogP contribution in [-0.4, -0.2) is 8.32 Å². The highest BCUT2D eigenvalue weighted by Gasteiger charge is 2.12. The third-order valence-corrected chi connectivity index (χ3v) is 2.65. The van der Waals surface area contributed by atoms with Gasteiger partial charge in [-0.1, -0.05) is 23.7 Å². The van der Waals surface area contributed by atoms with Crippen molar-refractivity contribution in [3.05, 3.63) is 41.1 Å². The van der Waals surface area contributed by atoms with E-state index in [0.29, 0.717) is 0 Å². The van der Waals surface area contributed by atoms with Gasteiger partial charge in [-0.05, 0) is 43.4 Å². The molecule has 0 aliphatic rings. The van der Waals surface area contributed by atoms with Crippen molar-refractivity contribution in [3.63, 3.8) is 0 Å². The summed E-state index contributed by atoms with van der Waals surface area (Å²) < 4.78 is 5.59. The van der Waals surface area contributed by atoms with Crippen LogP contribution in [0.3, 0.4) is 0 Å². The van der Waals surface area contributed by atoms with Crippen molar-refractivity contribution >= 4 is 26.0 Å². The molecule has 0 aliphatic heterocycles. The van der Waals surface area contributed by atoms with Crippen molar-refractivity contribution < 1.29 is 4.43 Å². The van der Waals surface area contributed by atoms with Gasteiger partial charge in [0.15, 0.2) is 0 Å². The Morgan fingerprint density at radius 3 is 2.21 bits per heavy atom. The molecule has 14 heavy (non-hydrogen) atoms. The molecule has 0 bridgehead atoms. The van der Waals surface area contributed by atoms with E-state index >= 15 is 0 Å². The van der Waals surface area contributed by atoms with Gasteiger partial charge in [-0.15, -0.1) is 0 Å². The molecule has 1 aromatic carbocycles. The molecule has 76 valence electrons. The molecule has 0 aromatic heterocycles. The zero-order valence-corrected chi connectivity index (χ0v) is 10.5. The zero-order valence-electron chi connectivity index (χ0n) is 8.75. The molecular formula is C11H15ClOSi. The minimum atomic E-state index is -1.43. The Morgan fingerprint density at radius 2 is 1.71 bits per heavy atom. The van der Waals surface area contributed by atoms with Crippen LogP contribution >= 0.6 is 11.6 Å². The number of benzene rings is 1. The summed E-state index contributed by atoms with van der Waals surface area (Å²) in [5.41, 5.74) is 1.10. The molecule has 0 amide bonds. The van der Waals surface area contributed by atoms with Crippen LogP contribution in [0.15, 0.2) is 30.5 Å². The van der Waals surface area contributed by atoms with E-state index in [9.17, 15) is 0 Å². The molecule has 1 nitrogen and oxygen atoms in total. The lowest BCUT2D eigenvalue weighted by atomic mass is 10.2. The molecule has 0 aliphatic carbocycles. The summed E-state index contributed by atoms with van der Waals surface area (Å²) in [5, 5.41) is 0.758. The van der Waals surface area contributed by atoms with E-state index in [1.165, 1.54) is 0 Å². The lowest BCUT2D eigenvalue weighted by Crippen LogP contribution is -2.21. The highest BCUT2D eigenvalue weighted by atomic mass is 35.5. The van der Waals surface area contributed by atoms with Crippen LogP contribution in [0.4, 0.5) is 0 Å². The maximum atomic E-state index is 5.77. The van der Waals surface area contributed by atoms with Gasteiger partial charge < -0.3 is 4.43 Å². The molecule has 1 rings (SSSR count). The Kier molecular flexibility index (Phi) is 3.78. The number of halogens is 1. The Morgan fingerprint density at radius 1 is 1.14 bits per heavy atom. The summed E-state index contributed by atoms with van der Waals surface area (Å²) in [4.78, 5) is 0. The lowest BCUT2D eigenvalue weighted by Gasteiger charge is -2.14. The van der Waals surface area contributed by atoms with Crippen LogP contribution in [0.25, 0.3) is 6.08 Å². The molecule has 0 saturated heterocycles. The first-order valence-corrected chi connectivity index (χ1v) is 8.36. The van der Waals surface area contributed by atoms with Gasteiger partial charge >= 0.3 is 0 Å². The van der Waals surface area contributed by atoms with Crippen LogP contribution in [0.2, 0.25) is 24.7 Å². The van der Waals surface area contributed by atoms with Crippen LogP contribution in [0.5, 0.6) is 0 Å². The van der Waals surface area contributed by atoms with Gasteiger partial charge in [0.25, 0.3) is 0 Å². The molecule has 0 fully saturated rings. The summed E-state index contributed by atoms with van der Waals surface area (Å²) in [6.07, 6.45) is 3.73. The highest BCUT2D eigenvalue weighted by molar-refractivity contribution is 6.69. The number of hydrogen-bond acceptors (Lipinski definition) is 1. The molecule has 3 heteroatoms. The average molecular weight is 227 g/mol. The minimum absolute atomic E-state index is 0.758. The number of rotatable bonds is 3. The summed E-state index contributed by atoms with van der Waals surface area (Å²) >= 11 is 5.77. The van der Waals surface area contributed by atoms with Crippen molar-refractivity contribution in [2.75, 3.05) is 0 Å². The summed E-state index contributed by atoms with van der Waals surface area (Å²) in [7, 11) is -1.43. The molecule has 0 spiro atoms. The molecule has 0 atom stereocenters. The average Bonchev–Trinajstić information content (AvgIpc) is 2.06. The molecule has 0 heterocycles. The topological polar surface area (TPSA) is 9.23 Å². The van der Waals surface area contributed by atoms with Crippen molar-refractivity contribution in [3.8, 4) is 0 Å². The maximum absolute atomic E-state index is 5.77. The van der Waals surface area contributed by atoms with E-state index in [4.69, 9.17) is 16.0 Å². The third-order valence-electron chi connectivity index (χ3n) is 1.55. The largest absolute Gasteiger partial charge is 0.550 e. The summed E-state index contributed by atoms with van der Waals surface area (Å²) in [6.45, 7) is 6.46. The first-order chi connectivity index (χ1) is 6.47. The lowest BCUT2D eigenvalue weighted by molar-refractivity contribution is 0.483. The van der Waals surface area contributed by atoms with Gasteiger partial charge in [-0.3, -0.25) is 0 Å². The van der Waals surface area contributed by atoms with Gasteiger partial charge in [0.05, 0.1) is 6.26 Å². The van der Waals surface area contributed by atoms with Crippen molar-refractivity contribution in [1.82, 2.24) is 0 Å². The normalized spacial score (nSPS) is 12.0. The smallest absolute Gasteiger partial charge is 0.241 e. The predicted octanol–water partition coefficient (Wildman–Crippen LogP) is 4.16. The fourth-order valence-corrected chi connectivity index (χ4v) is 1.49. The highest BCUT2D eigenvalue weighted by Crippen LogP contribution is 2.11. The van der Waals surface area contributed by atoms with Gasteiger partial charge in [0.2, 0.25) is 8.32 Å². The van der Waals surface area contributed by atoms with E-state index in [0.717, 1.165) is 10.6 Å². The van der Waals surface area contributed by atoms with Crippen LogP contribution < -0.4 is 0 Å². The van der Waals surface area contributed by atoms with Crippen molar-refractivity contribution in [2.45, 2.75) is 19.6 Å². The molecular weight excluding hydrogens is 212 g/mol. The van der Waals surface area contributed by atoms with Gasteiger partial charge in [0.1, 0.15) is 0 Å². The van der Waals surface area contributed by atoms with Crippen LogP contribution in [-0.2, 0) is 4.43 Å². The Labute approximate surface area is 91.5 Å². The zero-order chi connectivity index (χ0) is 10.6. The maximum Gasteiger partial charge on any atom is 0.241 e. The standard InChI is InChI=1S/C11H15ClOSi/c1-14(2,3)13-9-8-10-4-6-11(12)7-5-10/h4-9H,1-3H3. The molecule has 1 aromatic rings. The van der Waals surface area contributed by atoms with E-state index in [1.807, 2.05) is 30.3 Å². The van der Waals surface area contributed by atoms with E-state index < -0.39 is 8.32 Å². The summed E-state index contributed by atoms with van der Waals surface area (Å²) in [6, 6.07) is 7.67. The minimum Gasteiger partial charge on any atom is -0.550 e. The monoisotopic (exact) mass is 226 g/mol. The van der Waals surface area contributed by atoms with Gasteiger partial charge in [0, 0.05) is 5.02 Å². The van der Waals surface area contributed by atoms with E-state index in [2.05, 4.69) is 19.6 Å². The Balaban J connectivity index is 2.57.